The lowest BCUT2D eigenvalue weighted by atomic mass is 9.99. The van der Waals surface area contributed by atoms with Crippen LogP contribution in [0.15, 0.2) is 24.3 Å². The molecule has 0 spiro atoms. The number of fused-ring (bicyclic) bond motifs is 2. The van der Waals surface area contributed by atoms with Crippen LogP contribution in [0.25, 0.3) is 10.2 Å². The standard InChI is InChI=1S/C21H22N2O4S2/c1-3-26-14-8-9-15-17(11-14)29-21(22-15)23-19(24)12(2)27-20(25)18-10-13-6-4-5-7-16(13)28-18/h8-12H,3-7H2,1-2H3,(H,22,23,24). The third kappa shape index (κ3) is 4.43. The molecule has 8 heteroatoms. The number of nitrogens with one attached hydrogen (secondary N) is 1. The average Bonchev–Trinajstić information content (AvgIpc) is 3.31. The van der Waals surface area contributed by atoms with E-state index < -0.39 is 18.0 Å². The van der Waals surface area contributed by atoms with Crippen molar-refractivity contribution >= 4 is 49.9 Å². The molecule has 2 heterocycles. The summed E-state index contributed by atoms with van der Waals surface area (Å²) in [5, 5.41) is 3.21. The number of anilines is 1. The first kappa shape index (κ1) is 19.8. The first-order valence-corrected chi connectivity index (χ1v) is 11.3. The summed E-state index contributed by atoms with van der Waals surface area (Å²) < 4.78 is 11.8. The number of aryl methyl sites for hydroxylation is 2. The Hall–Kier alpha value is -2.45. The molecule has 1 aliphatic carbocycles. The van der Waals surface area contributed by atoms with E-state index in [4.69, 9.17) is 9.47 Å². The van der Waals surface area contributed by atoms with E-state index in [1.165, 1.54) is 33.1 Å². The molecule has 1 N–H and O–H groups in total. The molecule has 1 aromatic carbocycles. The lowest BCUT2D eigenvalue weighted by molar-refractivity contribution is -0.123. The number of hydrogen-bond acceptors (Lipinski definition) is 7. The highest BCUT2D eigenvalue weighted by atomic mass is 32.1. The monoisotopic (exact) mass is 430 g/mol. The van der Waals surface area contributed by atoms with Crippen molar-refractivity contribution in [3.63, 3.8) is 0 Å². The highest BCUT2D eigenvalue weighted by Gasteiger charge is 2.23. The van der Waals surface area contributed by atoms with Crippen LogP contribution in [-0.2, 0) is 22.4 Å². The van der Waals surface area contributed by atoms with Gasteiger partial charge < -0.3 is 9.47 Å². The van der Waals surface area contributed by atoms with Gasteiger partial charge in [-0.1, -0.05) is 11.3 Å². The fourth-order valence-electron chi connectivity index (χ4n) is 3.29. The molecule has 1 aliphatic rings. The minimum Gasteiger partial charge on any atom is -0.494 e. The zero-order valence-electron chi connectivity index (χ0n) is 16.3. The van der Waals surface area contributed by atoms with Crippen LogP contribution in [0.4, 0.5) is 5.13 Å². The number of carbonyl (C=O) groups is 2. The van der Waals surface area contributed by atoms with Crippen LogP contribution in [0.3, 0.4) is 0 Å². The van der Waals surface area contributed by atoms with Gasteiger partial charge in [-0.15, -0.1) is 11.3 Å². The quantitative estimate of drug-likeness (QED) is 0.568. The second-order valence-electron chi connectivity index (χ2n) is 6.88. The molecule has 0 radical (unpaired) electrons. The van der Waals surface area contributed by atoms with E-state index >= 15 is 0 Å². The first-order chi connectivity index (χ1) is 14.0. The van der Waals surface area contributed by atoms with Gasteiger partial charge in [0.2, 0.25) is 0 Å². The van der Waals surface area contributed by atoms with E-state index in [0.29, 0.717) is 16.6 Å². The topological polar surface area (TPSA) is 77.5 Å². The zero-order valence-corrected chi connectivity index (χ0v) is 18.0. The molecule has 0 aliphatic heterocycles. The molecule has 152 valence electrons. The molecule has 29 heavy (non-hydrogen) atoms. The molecule has 1 unspecified atom stereocenters. The Morgan fingerprint density at radius 3 is 2.83 bits per heavy atom. The summed E-state index contributed by atoms with van der Waals surface area (Å²) in [4.78, 5) is 31.2. The number of nitrogens with zero attached hydrogens (tertiary/aromatic N) is 1. The summed E-state index contributed by atoms with van der Waals surface area (Å²) in [6.07, 6.45) is 3.44. The largest absolute Gasteiger partial charge is 0.494 e. The number of ether oxygens (including phenoxy) is 2. The molecule has 3 aromatic rings. The van der Waals surface area contributed by atoms with Crippen LogP contribution in [0, 0.1) is 0 Å². The third-order valence-corrected chi connectivity index (χ3v) is 6.90. The van der Waals surface area contributed by atoms with E-state index in [9.17, 15) is 9.59 Å². The van der Waals surface area contributed by atoms with Gasteiger partial charge in [0, 0.05) is 4.88 Å². The molecule has 0 saturated heterocycles. The smallest absolute Gasteiger partial charge is 0.349 e. The Labute approximate surface area is 176 Å². The average molecular weight is 431 g/mol. The molecule has 0 bridgehead atoms. The van der Waals surface area contributed by atoms with E-state index in [1.54, 1.807) is 6.92 Å². The van der Waals surface area contributed by atoms with Gasteiger partial charge in [-0.05, 0) is 69.4 Å². The minimum absolute atomic E-state index is 0.399. The summed E-state index contributed by atoms with van der Waals surface area (Å²) >= 11 is 2.84. The van der Waals surface area contributed by atoms with Crippen molar-refractivity contribution in [2.45, 2.75) is 45.6 Å². The molecule has 2 aromatic heterocycles. The Morgan fingerprint density at radius 1 is 1.21 bits per heavy atom. The molecule has 0 fully saturated rings. The molecule has 1 amide bonds. The number of thiazole rings is 1. The Balaban J connectivity index is 1.39. The van der Waals surface area contributed by atoms with Crippen molar-refractivity contribution in [1.29, 1.82) is 0 Å². The molecule has 0 saturated carbocycles. The van der Waals surface area contributed by atoms with Crippen molar-refractivity contribution in [2.75, 3.05) is 11.9 Å². The van der Waals surface area contributed by atoms with E-state index in [0.717, 1.165) is 41.6 Å². The summed E-state index contributed by atoms with van der Waals surface area (Å²) in [6, 6.07) is 7.51. The Bertz CT molecular complexity index is 1030. The van der Waals surface area contributed by atoms with Gasteiger partial charge in [0.15, 0.2) is 11.2 Å². The summed E-state index contributed by atoms with van der Waals surface area (Å²) in [6.45, 7) is 4.09. The number of thiophene rings is 1. The second kappa shape index (κ2) is 8.51. The van der Waals surface area contributed by atoms with Crippen molar-refractivity contribution in [1.82, 2.24) is 4.98 Å². The number of carbonyl (C=O) groups excluding carboxylic acids is 2. The van der Waals surface area contributed by atoms with Crippen LogP contribution in [-0.4, -0.2) is 29.6 Å². The lowest BCUT2D eigenvalue weighted by Gasteiger charge is -2.11. The number of esters is 1. The van der Waals surface area contributed by atoms with Gasteiger partial charge in [0.1, 0.15) is 10.6 Å². The highest BCUT2D eigenvalue weighted by molar-refractivity contribution is 7.22. The first-order valence-electron chi connectivity index (χ1n) is 9.70. The predicted octanol–water partition coefficient (Wildman–Crippen LogP) is 4.82. The SMILES string of the molecule is CCOc1ccc2nc(NC(=O)C(C)OC(=O)c3cc4c(s3)CCCC4)sc2c1. The highest BCUT2D eigenvalue weighted by Crippen LogP contribution is 2.31. The van der Waals surface area contributed by atoms with E-state index in [-0.39, 0.29) is 0 Å². The van der Waals surface area contributed by atoms with Crippen LogP contribution >= 0.6 is 22.7 Å². The number of amides is 1. The van der Waals surface area contributed by atoms with Gasteiger partial charge >= 0.3 is 5.97 Å². The Morgan fingerprint density at radius 2 is 2.03 bits per heavy atom. The van der Waals surface area contributed by atoms with Gasteiger partial charge in [0.05, 0.1) is 16.8 Å². The van der Waals surface area contributed by atoms with E-state index in [2.05, 4.69) is 10.3 Å². The fourth-order valence-corrected chi connectivity index (χ4v) is 5.32. The van der Waals surface area contributed by atoms with Gasteiger partial charge in [-0.3, -0.25) is 10.1 Å². The maximum atomic E-state index is 12.5. The molecular formula is C21H22N2O4S2. The van der Waals surface area contributed by atoms with Gasteiger partial charge in [0.25, 0.3) is 5.91 Å². The second-order valence-corrected chi connectivity index (χ2v) is 9.05. The molecular weight excluding hydrogens is 408 g/mol. The van der Waals surface area contributed by atoms with Gasteiger partial charge in [-0.2, -0.15) is 0 Å². The molecule has 1 atom stereocenters. The Kier molecular flexibility index (Phi) is 5.82. The van der Waals surface area contributed by atoms with Crippen molar-refractivity contribution in [2.24, 2.45) is 0 Å². The van der Waals surface area contributed by atoms with Gasteiger partial charge in [-0.25, -0.2) is 9.78 Å². The number of hydrogen-bond donors (Lipinski definition) is 1. The van der Waals surface area contributed by atoms with Crippen molar-refractivity contribution < 1.29 is 19.1 Å². The zero-order chi connectivity index (χ0) is 20.4. The van der Waals surface area contributed by atoms with E-state index in [1.807, 2.05) is 31.2 Å². The van der Waals surface area contributed by atoms with Crippen LogP contribution in [0.1, 0.15) is 46.8 Å². The minimum atomic E-state index is -0.910. The molecule has 4 rings (SSSR count). The fraction of sp³-hybridized carbons (Fsp3) is 0.381. The predicted molar refractivity (Wildman–Crippen MR) is 115 cm³/mol. The van der Waals surface area contributed by atoms with Crippen molar-refractivity contribution in [3.05, 3.63) is 39.6 Å². The van der Waals surface area contributed by atoms with Crippen LogP contribution in [0.2, 0.25) is 0 Å². The summed E-state index contributed by atoms with van der Waals surface area (Å²) in [5.41, 5.74) is 2.02. The third-order valence-electron chi connectivity index (χ3n) is 4.75. The molecule has 6 nitrogen and oxygen atoms in total. The number of aromatic nitrogens is 1. The maximum Gasteiger partial charge on any atom is 0.349 e. The lowest BCUT2D eigenvalue weighted by Crippen LogP contribution is -2.29. The number of rotatable bonds is 6. The van der Waals surface area contributed by atoms with Crippen LogP contribution < -0.4 is 10.1 Å². The van der Waals surface area contributed by atoms with Crippen LogP contribution in [0.5, 0.6) is 5.75 Å². The number of benzene rings is 1. The summed E-state index contributed by atoms with van der Waals surface area (Å²) in [5.74, 6) is -0.0797. The summed E-state index contributed by atoms with van der Waals surface area (Å²) in [7, 11) is 0. The van der Waals surface area contributed by atoms with Crippen molar-refractivity contribution in [3.8, 4) is 5.75 Å². The normalized spacial score (nSPS) is 14.3. The maximum absolute atomic E-state index is 12.5.